The molecule has 1 rings (SSSR count). The summed E-state index contributed by atoms with van der Waals surface area (Å²) in [6.07, 6.45) is 1.31. The minimum Gasteiger partial charge on any atom is -0.355 e. The number of carbonyl (C=O) groups excluding carboxylic acids is 2. The molecule has 5 nitrogen and oxygen atoms in total. The van der Waals surface area contributed by atoms with E-state index in [4.69, 9.17) is 23.2 Å². The highest BCUT2D eigenvalue weighted by atomic mass is 35.5. The number of hydrogen-bond donors (Lipinski definition) is 2. The molecular weight excluding hydrogens is 265 g/mol. The minimum absolute atomic E-state index is 0.149. The van der Waals surface area contributed by atoms with Crippen molar-refractivity contribution in [1.82, 2.24) is 15.6 Å². The fourth-order valence-electron chi connectivity index (χ4n) is 1.10. The third kappa shape index (κ3) is 4.58. The zero-order valence-corrected chi connectivity index (χ0v) is 10.6. The lowest BCUT2D eigenvalue weighted by atomic mass is 10.2. The lowest BCUT2D eigenvalue weighted by Crippen LogP contribution is -2.33. The summed E-state index contributed by atoms with van der Waals surface area (Å²) in [4.78, 5) is 26.0. The van der Waals surface area contributed by atoms with Gasteiger partial charge >= 0.3 is 0 Å². The van der Waals surface area contributed by atoms with E-state index in [-0.39, 0.29) is 27.6 Å². The van der Waals surface area contributed by atoms with Gasteiger partial charge in [0.25, 0.3) is 5.91 Å². The molecule has 0 bridgehead atoms. The molecule has 0 saturated heterocycles. The number of rotatable bonds is 4. The summed E-state index contributed by atoms with van der Waals surface area (Å²) in [5.74, 6) is -0.506. The molecule has 0 unspecified atom stereocenters. The van der Waals surface area contributed by atoms with Crippen LogP contribution in [0, 0.1) is 0 Å². The Kier molecular flexibility index (Phi) is 5.18. The van der Waals surface area contributed by atoms with Gasteiger partial charge in [-0.25, -0.2) is 4.98 Å². The molecule has 0 aliphatic rings. The Labute approximate surface area is 109 Å². The largest absolute Gasteiger partial charge is 0.355 e. The van der Waals surface area contributed by atoms with E-state index in [0.29, 0.717) is 13.1 Å². The van der Waals surface area contributed by atoms with Crippen LogP contribution in [0.15, 0.2) is 12.3 Å². The molecule has 1 aromatic rings. The van der Waals surface area contributed by atoms with Gasteiger partial charge in [0.1, 0.15) is 5.15 Å². The van der Waals surface area contributed by atoms with Gasteiger partial charge in [0.15, 0.2) is 0 Å². The predicted molar refractivity (Wildman–Crippen MR) is 65.3 cm³/mol. The Morgan fingerprint density at radius 3 is 2.59 bits per heavy atom. The minimum atomic E-state index is -0.357. The molecule has 2 amide bonds. The van der Waals surface area contributed by atoms with Gasteiger partial charge in [-0.05, 0) is 6.07 Å². The predicted octanol–water partition coefficient (Wildman–Crippen LogP) is 1.25. The molecule has 0 aliphatic carbocycles. The van der Waals surface area contributed by atoms with Crippen molar-refractivity contribution in [1.29, 1.82) is 0 Å². The van der Waals surface area contributed by atoms with E-state index in [1.165, 1.54) is 19.2 Å². The Bertz CT molecular complexity index is 438. The molecule has 1 heterocycles. The summed E-state index contributed by atoms with van der Waals surface area (Å²) in [7, 11) is 0. The number of hydrogen-bond acceptors (Lipinski definition) is 3. The summed E-state index contributed by atoms with van der Waals surface area (Å²) in [5.41, 5.74) is 0.259. The molecule has 0 aliphatic heterocycles. The summed E-state index contributed by atoms with van der Waals surface area (Å²) in [6.45, 7) is 2.08. The molecule has 0 aromatic carbocycles. The maximum atomic E-state index is 11.7. The van der Waals surface area contributed by atoms with E-state index < -0.39 is 0 Å². The maximum Gasteiger partial charge on any atom is 0.253 e. The van der Waals surface area contributed by atoms with Crippen LogP contribution in [0.2, 0.25) is 10.2 Å². The maximum absolute atomic E-state index is 11.7. The van der Waals surface area contributed by atoms with Crippen LogP contribution in [-0.4, -0.2) is 29.9 Å². The zero-order valence-electron chi connectivity index (χ0n) is 9.09. The van der Waals surface area contributed by atoms with Crippen molar-refractivity contribution >= 4 is 35.0 Å². The molecule has 0 radical (unpaired) electrons. The highest BCUT2D eigenvalue weighted by Gasteiger charge is 2.10. The first-order valence-electron chi connectivity index (χ1n) is 4.84. The lowest BCUT2D eigenvalue weighted by molar-refractivity contribution is -0.118. The van der Waals surface area contributed by atoms with Crippen LogP contribution in [0.5, 0.6) is 0 Å². The van der Waals surface area contributed by atoms with Gasteiger partial charge in [-0.15, -0.1) is 0 Å². The number of pyridine rings is 1. The second-order valence-corrected chi connectivity index (χ2v) is 4.02. The van der Waals surface area contributed by atoms with Gasteiger partial charge in [0.05, 0.1) is 10.6 Å². The highest BCUT2D eigenvalue weighted by molar-refractivity contribution is 6.35. The topological polar surface area (TPSA) is 71.1 Å². The zero-order chi connectivity index (χ0) is 12.8. The van der Waals surface area contributed by atoms with Crippen LogP contribution in [-0.2, 0) is 4.79 Å². The van der Waals surface area contributed by atoms with Crippen LogP contribution < -0.4 is 10.6 Å². The fraction of sp³-hybridized carbons (Fsp3) is 0.300. The van der Waals surface area contributed by atoms with E-state index in [0.717, 1.165) is 0 Å². The van der Waals surface area contributed by atoms with Crippen LogP contribution in [0.1, 0.15) is 17.3 Å². The normalized spacial score (nSPS) is 9.82. The SMILES string of the molecule is CC(=O)NCCNC(=O)c1cc(Cl)ncc1Cl. The molecular formula is C10H11Cl2N3O2. The Morgan fingerprint density at radius 1 is 1.29 bits per heavy atom. The molecule has 1 aromatic heterocycles. The first kappa shape index (κ1) is 13.7. The second-order valence-electron chi connectivity index (χ2n) is 3.23. The average molecular weight is 276 g/mol. The van der Waals surface area contributed by atoms with Crippen LogP contribution in [0.25, 0.3) is 0 Å². The van der Waals surface area contributed by atoms with Crippen molar-refractivity contribution in [2.75, 3.05) is 13.1 Å². The van der Waals surface area contributed by atoms with Gasteiger partial charge in [-0.1, -0.05) is 23.2 Å². The van der Waals surface area contributed by atoms with Crippen molar-refractivity contribution in [3.8, 4) is 0 Å². The van der Waals surface area contributed by atoms with Crippen LogP contribution in [0.4, 0.5) is 0 Å². The quantitative estimate of drug-likeness (QED) is 0.642. The molecule has 0 spiro atoms. The number of aromatic nitrogens is 1. The molecule has 92 valence electrons. The summed E-state index contributed by atoms with van der Waals surface area (Å²) < 4.78 is 0. The number of nitrogens with zero attached hydrogens (tertiary/aromatic N) is 1. The monoisotopic (exact) mass is 275 g/mol. The summed E-state index contributed by atoms with van der Waals surface area (Å²) >= 11 is 11.5. The number of halogens is 2. The van der Waals surface area contributed by atoms with Gasteiger partial charge in [0, 0.05) is 26.2 Å². The summed E-state index contributed by atoms with van der Waals surface area (Å²) in [6, 6.07) is 1.39. The lowest BCUT2D eigenvalue weighted by Gasteiger charge is -2.07. The average Bonchev–Trinajstić information content (AvgIpc) is 2.27. The van der Waals surface area contributed by atoms with E-state index in [9.17, 15) is 9.59 Å². The Hall–Kier alpha value is -1.33. The number of carbonyl (C=O) groups is 2. The van der Waals surface area contributed by atoms with E-state index >= 15 is 0 Å². The molecule has 7 heteroatoms. The highest BCUT2D eigenvalue weighted by Crippen LogP contribution is 2.17. The van der Waals surface area contributed by atoms with E-state index in [1.807, 2.05) is 0 Å². The van der Waals surface area contributed by atoms with Crippen LogP contribution >= 0.6 is 23.2 Å². The third-order valence-electron chi connectivity index (χ3n) is 1.85. The smallest absolute Gasteiger partial charge is 0.253 e. The van der Waals surface area contributed by atoms with Gasteiger partial charge < -0.3 is 10.6 Å². The molecule has 0 atom stereocenters. The molecule has 17 heavy (non-hydrogen) atoms. The van der Waals surface area contributed by atoms with Gasteiger partial charge in [-0.2, -0.15) is 0 Å². The van der Waals surface area contributed by atoms with Crippen molar-refractivity contribution in [2.45, 2.75) is 6.92 Å². The van der Waals surface area contributed by atoms with Crippen molar-refractivity contribution < 1.29 is 9.59 Å². The third-order valence-corrected chi connectivity index (χ3v) is 2.36. The van der Waals surface area contributed by atoms with Crippen molar-refractivity contribution in [2.24, 2.45) is 0 Å². The molecule has 0 fully saturated rings. The first-order chi connectivity index (χ1) is 8.00. The van der Waals surface area contributed by atoms with Crippen molar-refractivity contribution in [3.05, 3.63) is 28.0 Å². The van der Waals surface area contributed by atoms with Gasteiger partial charge in [0.2, 0.25) is 5.91 Å². The fourth-order valence-corrected chi connectivity index (χ4v) is 1.44. The van der Waals surface area contributed by atoms with E-state index in [1.54, 1.807) is 0 Å². The van der Waals surface area contributed by atoms with Crippen LogP contribution in [0.3, 0.4) is 0 Å². The number of nitrogens with one attached hydrogen (secondary N) is 2. The first-order valence-corrected chi connectivity index (χ1v) is 5.60. The van der Waals surface area contributed by atoms with Crippen molar-refractivity contribution in [3.63, 3.8) is 0 Å². The van der Waals surface area contributed by atoms with E-state index in [2.05, 4.69) is 15.6 Å². The molecule has 2 N–H and O–H groups in total. The number of amides is 2. The van der Waals surface area contributed by atoms with Gasteiger partial charge in [-0.3, -0.25) is 9.59 Å². The molecule has 0 saturated carbocycles. The standard InChI is InChI=1S/C10H11Cl2N3O2/c1-6(16)13-2-3-14-10(17)7-4-9(12)15-5-8(7)11/h4-5H,2-3H2,1H3,(H,13,16)(H,14,17). The second kappa shape index (κ2) is 6.42. The summed E-state index contributed by atoms with van der Waals surface area (Å²) in [5, 5.41) is 5.58. The Morgan fingerprint density at radius 2 is 1.94 bits per heavy atom. The Balaban J connectivity index is 2.52.